The fourth-order valence-corrected chi connectivity index (χ4v) is 3.56. The molecule has 2 aromatic rings. The van der Waals surface area contributed by atoms with Crippen LogP contribution in [-0.4, -0.2) is 62.5 Å². The predicted molar refractivity (Wildman–Crippen MR) is 113 cm³/mol. The van der Waals surface area contributed by atoms with E-state index in [1.54, 1.807) is 0 Å². The first kappa shape index (κ1) is 20.4. The lowest BCUT2D eigenvalue weighted by molar-refractivity contribution is 0.0754. The van der Waals surface area contributed by atoms with Crippen LogP contribution in [0.25, 0.3) is 0 Å². The number of hydrogen-bond donors (Lipinski definition) is 1. The van der Waals surface area contributed by atoms with Crippen LogP contribution in [0.1, 0.15) is 34.9 Å². The molecule has 1 unspecified atom stereocenters. The summed E-state index contributed by atoms with van der Waals surface area (Å²) in [4.78, 5) is 17.5. The number of para-hydroxylation sites is 1. The third-order valence-electron chi connectivity index (χ3n) is 5.22. The summed E-state index contributed by atoms with van der Waals surface area (Å²) >= 11 is 0. The fourth-order valence-electron chi connectivity index (χ4n) is 3.56. The molecule has 0 aromatic heterocycles. The molecule has 1 aliphatic rings. The Labute approximate surface area is 168 Å². The molecule has 28 heavy (non-hydrogen) atoms. The molecule has 0 bridgehead atoms. The molecule has 1 amide bonds. The van der Waals surface area contributed by atoms with Gasteiger partial charge in [0, 0.05) is 26.1 Å². The number of benzene rings is 2. The predicted octanol–water partition coefficient (Wildman–Crippen LogP) is 3.19. The number of hydrogen-bond acceptors (Lipinski definition) is 4. The molecule has 0 spiro atoms. The average molecular weight is 382 g/mol. The highest BCUT2D eigenvalue weighted by Crippen LogP contribution is 2.28. The molecular formula is C23H31N3O2. The second kappa shape index (κ2) is 10.2. The number of nitrogens with zero attached hydrogens (tertiary/aromatic N) is 2. The lowest BCUT2D eigenvalue weighted by Gasteiger charge is -2.24. The maximum Gasteiger partial charge on any atom is 0.257 e. The van der Waals surface area contributed by atoms with Crippen molar-refractivity contribution in [1.29, 1.82) is 0 Å². The summed E-state index contributed by atoms with van der Waals surface area (Å²) in [5.41, 5.74) is 1.77. The molecule has 1 saturated heterocycles. The Balaban J connectivity index is 1.81. The molecule has 0 radical (unpaired) electrons. The van der Waals surface area contributed by atoms with Crippen LogP contribution in [0.5, 0.6) is 5.75 Å². The van der Waals surface area contributed by atoms with E-state index in [-0.39, 0.29) is 12.0 Å². The van der Waals surface area contributed by atoms with Crippen molar-refractivity contribution >= 4 is 5.91 Å². The van der Waals surface area contributed by atoms with Crippen LogP contribution in [-0.2, 0) is 0 Å². The van der Waals surface area contributed by atoms with Crippen LogP contribution in [0.4, 0.5) is 0 Å². The number of carbonyl (C=O) groups is 1. The minimum absolute atomic E-state index is 0.0614. The molecule has 1 N–H and O–H groups in total. The Kier molecular flexibility index (Phi) is 7.46. The van der Waals surface area contributed by atoms with Gasteiger partial charge in [0.15, 0.2) is 0 Å². The van der Waals surface area contributed by atoms with Gasteiger partial charge in [-0.1, -0.05) is 42.5 Å². The molecule has 1 fully saturated rings. The number of amides is 1. The first-order valence-electron chi connectivity index (χ1n) is 10.1. The van der Waals surface area contributed by atoms with Gasteiger partial charge in [-0.3, -0.25) is 4.79 Å². The summed E-state index contributed by atoms with van der Waals surface area (Å²) in [7, 11) is 4.05. The van der Waals surface area contributed by atoms with Crippen molar-refractivity contribution in [2.75, 3.05) is 46.8 Å². The first-order chi connectivity index (χ1) is 13.7. The Morgan fingerprint density at radius 3 is 2.57 bits per heavy atom. The molecule has 3 rings (SSSR count). The van der Waals surface area contributed by atoms with Crippen molar-refractivity contribution in [2.45, 2.75) is 18.9 Å². The van der Waals surface area contributed by atoms with E-state index < -0.39 is 0 Å². The summed E-state index contributed by atoms with van der Waals surface area (Å²) in [6.45, 7) is 4.32. The van der Waals surface area contributed by atoms with E-state index >= 15 is 0 Å². The molecular weight excluding hydrogens is 350 g/mol. The molecule has 1 aliphatic heterocycles. The Morgan fingerprint density at radius 1 is 1.04 bits per heavy atom. The SMILES string of the molecule is CNCCC(Oc1ccccc1C(=O)N1CCCN(C)CC1)c1ccccc1. The number of likely N-dealkylation sites (N-methyl/N-ethyl adjacent to an activating group) is 1. The summed E-state index contributed by atoms with van der Waals surface area (Å²) in [6.07, 6.45) is 1.73. The van der Waals surface area contributed by atoms with Crippen LogP contribution in [0.15, 0.2) is 54.6 Å². The quantitative estimate of drug-likeness (QED) is 0.800. The maximum absolute atomic E-state index is 13.2. The third kappa shape index (κ3) is 5.33. The zero-order valence-corrected chi connectivity index (χ0v) is 16.9. The van der Waals surface area contributed by atoms with E-state index in [0.29, 0.717) is 11.3 Å². The van der Waals surface area contributed by atoms with Gasteiger partial charge in [-0.05, 0) is 51.3 Å². The van der Waals surface area contributed by atoms with Crippen molar-refractivity contribution < 1.29 is 9.53 Å². The molecule has 1 heterocycles. The van der Waals surface area contributed by atoms with Gasteiger partial charge < -0.3 is 19.9 Å². The maximum atomic E-state index is 13.2. The molecule has 1 atom stereocenters. The van der Waals surface area contributed by atoms with Crippen LogP contribution in [0, 0.1) is 0 Å². The zero-order chi connectivity index (χ0) is 19.8. The number of rotatable bonds is 7. The second-order valence-electron chi connectivity index (χ2n) is 7.35. The van der Waals surface area contributed by atoms with E-state index in [4.69, 9.17) is 4.74 Å². The standard InChI is InChI=1S/C23H31N3O2/c1-24-14-13-21(19-9-4-3-5-10-19)28-22-12-7-6-11-20(22)23(27)26-16-8-15-25(2)17-18-26/h3-7,9-12,21,24H,8,13-18H2,1-2H3. The first-order valence-corrected chi connectivity index (χ1v) is 10.1. The van der Waals surface area contributed by atoms with Gasteiger partial charge in [-0.25, -0.2) is 0 Å². The second-order valence-corrected chi connectivity index (χ2v) is 7.35. The van der Waals surface area contributed by atoms with Crippen molar-refractivity contribution in [1.82, 2.24) is 15.1 Å². The van der Waals surface area contributed by atoms with E-state index in [1.807, 2.05) is 54.4 Å². The number of nitrogens with one attached hydrogen (secondary N) is 1. The topological polar surface area (TPSA) is 44.8 Å². The van der Waals surface area contributed by atoms with Crippen molar-refractivity contribution in [3.63, 3.8) is 0 Å². The van der Waals surface area contributed by atoms with Crippen LogP contribution >= 0.6 is 0 Å². The highest BCUT2D eigenvalue weighted by atomic mass is 16.5. The molecule has 5 nitrogen and oxygen atoms in total. The highest BCUT2D eigenvalue weighted by molar-refractivity contribution is 5.97. The van der Waals surface area contributed by atoms with Crippen molar-refractivity contribution in [2.24, 2.45) is 0 Å². The summed E-state index contributed by atoms with van der Waals surface area (Å²) in [5, 5.41) is 3.19. The van der Waals surface area contributed by atoms with Gasteiger partial charge in [-0.2, -0.15) is 0 Å². The van der Waals surface area contributed by atoms with Crippen LogP contribution in [0.3, 0.4) is 0 Å². The molecule has 150 valence electrons. The lowest BCUT2D eigenvalue weighted by Crippen LogP contribution is -2.34. The molecule has 2 aromatic carbocycles. The zero-order valence-electron chi connectivity index (χ0n) is 16.9. The average Bonchev–Trinajstić information content (AvgIpc) is 2.96. The van der Waals surface area contributed by atoms with Gasteiger partial charge in [-0.15, -0.1) is 0 Å². The lowest BCUT2D eigenvalue weighted by atomic mass is 10.1. The van der Waals surface area contributed by atoms with Gasteiger partial charge in [0.2, 0.25) is 0 Å². The van der Waals surface area contributed by atoms with E-state index in [2.05, 4.69) is 29.4 Å². The molecule has 5 heteroatoms. The summed E-state index contributed by atoms with van der Waals surface area (Å²) in [6, 6.07) is 17.8. The number of carbonyl (C=O) groups excluding carboxylic acids is 1. The Hall–Kier alpha value is -2.37. The van der Waals surface area contributed by atoms with Gasteiger partial charge in [0.25, 0.3) is 5.91 Å². The fraction of sp³-hybridized carbons (Fsp3) is 0.435. The van der Waals surface area contributed by atoms with Gasteiger partial charge in [0.05, 0.1) is 5.56 Å². The van der Waals surface area contributed by atoms with Crippen molar-refractivity contribution in [3.8, 4) is 5.75 Å². The summed E-state index contributed by atoms with van der Waals surface area (Å²) < 4.78 is 6.40. The van der Waals surface area contributed by atoms with Crippen molar-refractivity contribution in [3.05, 3.63) is 65.7 Å². The minimum atomic E-state index is -0.0992. The largest absolute Gasteiger partial charge is 0.485 e. The summed E-state index contributed by atoms with van der Waals surface area (Å²) in [5.74, 6) is 0.724. The Morgan fingerprint density at radius 2 is 1.79 bits per heavy atom. The third-order valence-corrected chi connectivity index (χ3v) is 5.22. The highest BCUT2D eigenvalue weighted by Gasteiger charge is 2.23. The van der Waals surface area contributed by atoms with Gasteiger partial charge >= 0.3 is 0 Å². The monoisotopic (exact) mass is 381 g/mol. The van der Waals surface area contributed by atoms with E-state index in [0.717, 1.165) is 51.1 Å². The number of ether oxygens (including phenoxy) is 1. The minimum Gasteiger partial charge on any atom is -0.485 e. The van der Waals surface area contributed by atoms with E-state index in [1.165, 1.54) is 0 Å². The van der Waals surface area contributed by atoms with Gasteiger partial charge in [0.1, 0.15) is 11.9 Å². The Bertz CT molecular complexity index is 751. The molecule has 0 aliphatic carbocycles. The smallest absolute Gasteiger partial charge is 0.257 e. The molecule has 0 saturated carbocycles. The normalized spacial score (nSPS) is 16.4. The van der Waals surface area contributed by atoms with Crippen LogP contribution < -0.4 is 10.1 Å². The van der Waals surface area contributed by atoms with E-state index in [9.17, 15) is 4.79 Å². The van der Waals surface area contributed by atoms with Crippen LogP contribution in [0.2, 0.25) is 0 Å².